The predicted molar refractivity (Wildman–Crippen MR) is 130 cm³/mol. The fraction of sp³-hybridized carbons (Fsp3) is 0.500. The van der Waals surface area contributed by atoms with E-state index in [1.165, 1.54) is 40.2 Å². The van der Waals surface area contributed by atoms with Crippen LogP contribution in [0.25, 0.3) is 0 Å². The molecule has 11 heteroatoms. The van der Waals surface area contributed by atoms with Crippen LogP contribution < -0.4 is 16.0 Å². The van der Waals surface area contributed by atoms with E-state index in [1.54, 1.807) is 12.1 Å². The van der Waals surface area contributed by atoms with E-state index in [0.29, 0.717) is 27.1 Å². The van der Waals surface area contributed by atoms with Crippen molar-refractivity contribution >= 4 is 52.1 Å². The number of amides is 2. The van der Waals surface area contributed by atoms with Crippen molar-refractivity contribution in [1.29, 1.82) is 0 Å². The molecule has 0 bridgehead atoms. The first-order valence-electron chi connectivity index (χ1n) is 10.9. The molecule has 0 radical (unpaired) electrons. The van der Waals surface area contributed by atoms with Crippen molar-refractivity contribution in [1.82, 2.24) is 20.9 Å². The zero-order valence-corrected chi connectivity index (χ0v) is 20.9. The molecule has 33 heavy (non-hydrogen) atoms. The maximum atomic E-state index is 13.5. The zero-order chi connectivity index (χ0) is 23.5. The smallest absolute Gasteiger partial charge is 0.407 e. The summed E-state index contributed by atoms with van der Waals surface area (Å²) in [5, 5.41) is 8.66. The molecule has 3 atom stereocenters. The van der Waals surface area contributed by atoms with E-state index in [0.717, 1.165) is 25.9 Å². The van der Waals surface area contributed by atoms with Crippen molar-refractivity contribution in [2.24, 2.45) is 0 Å². The van der Waals surface area contributed by atoms with E-state index >= 15 is 0 Å². The second kappa shape index (κ2) is 10.5. The SMILES string of the molecule is CNC(=O)OC(C(=O)c1cc2c(s1)CCN(C)CC2)C1CC(NC(=O)c2ccc(Cl)s2)CN1. The Hall–Kier alpha value is -1.98. The molecule has 3 N–H and O–H groups in total. The summed E-state index contributed by atoms with van der Waals surface area (Å²) in [5.74, 6) is -0.416. The fourth-order valence-corrected chi connectivity index (χ4v) is 6.27. The summed E-state index contributed by atoms with van der Waals surface area (Å²) in [7, 11) is 3.56. The maximum absolute atomic E-state index is 13.5. The first kappa shape index (κ1) is 24.2. The number of hydrogen-bond donors (Lipinski definition) is 3. The van der Waals surface area contributed by atoms with Gasteiger partial charge in [0, 0.05) is 37.6 Å². The van der Waals surface area contributed by atoms with Gasteiger partial charge in [0.05, 0.1) is 20.1 Å². The van der Waals surface area contributed by atoms with Gasteiger partial charge in [-0.25, -0.2) is 4.79 Å². The third-order valence-electron chi connectivity index (χ3n) is 5.98. The Morgan fingerprint density at radius 3 is 2.73 bits per heavy atom. The van der Waals surface area contributed by atoms with Crippen LogP contribution in [0.15, 0.2) is 18.2 Å². The average Bonchev–Trinajstić information content (AvgIpc) is 3.52. The fourth-order valence-electron chi connectivity index (χ4n) is 4.16. The molecule has 0 aliphatic carbocycles. The topological polar surface area (TPSA) is 99.8 Å². The third kappa shape index (κ3) is 5.75. The molecule has 2 amide bonds. The summed E-state index contributed by atoms with van der Waals surface area (Å²) in [5.41, 5.74) is 1.20. The van der Waals surface area contributed by atoms with E-state index < -0.39 is 18.2 Å². The Labute approximate surface area is 205 Å². The number of thiophene rings is 2. The van der Waals surface area contributed by atoms with E-state index in [2.05, 4.69) is 27.9 Å². The lowest BCUT2D eigenvalue weighted by molar-refractivity contribution is 0.0548. The second-order valence-corrected chi connectivity index (χ2v) is 11.2. The van der Waals surface area contributed by atoms with Crippen LogP contribution in [0.5, 0.6) is 0 Å². The lowest BCUT2D eigenvalue weighted by atomic mass is 10.0. The molecular weight excluding hydrogens is 484 g/mol. The Bertz CT molecular complexity index is 1010. The summed E-state index contributed by atoms with van der Waals surface area (Å²) in [6.07, 6.45) is 0.643. The van der Waals surface area contributed by atoms with Crippen molar-refractivity contribution < 1.29 is 19.1 Å². The van der Waals surface area contributed by atoms with Gasteiger partial charge in [0.1, 0.15) is 0 Å². The van der Waals surface area contributed by atoms with Crippen LogP contribution in [-0.2, 0) is 17.6 Å². The first-order chi connectivity index (χ1) is 15.8. The van der Waals surface area contributed by atoms with E-state index in [-0.39, 0.29) is 17.7 Å². The lowest BCUT2D eigenvalue weighted by Gasteiger charge is -2.22. The van der Waals surface area contributed by atoms with Gasteiger partial charge in [0.25, 0.3) is 5.91 Å². The highest BCUT2D eigenvalue weighted by Crippen LogP contribution is 2.29. The molecule has 4 heterocycles. The van der Waals surface area contributed by atoms with Gasteiger partial charge >= 0.3 is 6.09 Å². The number of ether oxygens (including phenoxy) is 1. The van der Waals surface area contributed by atoms with Crippen molar-refractivity contribution in [2.75, 3.05) is 33.7 Å². The number of rotatable bonds is 6. The van der Waals surface area contributed by atoms with Crippen molar-refractivity contribution in [3.8, 4) is 0 Å². The van der Waals surface area contributed by atoms with Crippen LogP contribution in [-0.4, -0.2) is 74.6 Å². The summed E-state index contributed by atoms with van der Waals surface area (Å²) < 4.78 is 6.07. The molecule has 2 aliphatic rings. The Morgan fingerprint density at radius 2 is 2.00 bits per heavy atom. The number of carbonyl (C=O) groups excluding carboxylic acids is 3. The number of carbonyl (C=O) groups is 3. The molecule has 4 rings (SSSR count). The van der Waals surface area contributed by atoms with Crippen LogP contribution >= 0.6 is 34.3 Å². The van der Waals surface area contributed by atoms with Gasteiger partial charge in [-0.05, 0) is 50.1 Å². The zero-order valence-electron chi connectivity index (χ0n) is 18.5. The number of alkyl carbamates (subject to hydrolysis) is 1. The van der Waals surface area contributed by atoms with Crippen LogP contribution in [0.4, 0.5) is 4.79 Å². The molecule has 2 aromatic rings. The minimum Gasteiger partial charge on any atom is -0.436 e. The third-order valence-corrected chi connectivity index (χ3v) is 8.46. The maximum Gasteiger partial charge on any atom is 0.407 e. The van der Waals surface area contributed by atoms with Crippen molar-refractivity contribution in [3.05, 3.63) is 42.7 Å². The molecule has 0 spiro atoms. The number of halogens is 1. The minimum atomic E-state index is -0.979. The first-order valence-corrected chi connectivity index (χ1v) is 12.9. The highest BCUT2D eigenvalue weighted by Gasteiger charge is 2.39. The van der Waals surface area contributed by atoms with Crippen LogP contribution in [0.2, 0.25) is 4.34 Å². The quantitative estimate of drug-likeness (QED) is 0.516. The van der Waals surface area contributed by atoms with Gasteiger partial charge in [-0.2, -0.15) is 0 Å². The number of nitrogens with zero attached hydrogens (tertiary/aromatic N) is 1. The molecule has 1 saturated heterocycles. The standard InChI is InChI=1S/C22H27ClN4O4S2/c1-24-22(30)31-20(19(28)17-9-12-5-7-27(2)8-6-15(12)32-17)14-10-13(11-25-14)26-21(29)16-3-4-18(23)33-16/h3-4,9,13-14,20,25H,5-8,10-11H2,1-2H3,(H,24,30)(H,26,29). The molecule has 2 aromatic heterocycles. The summed E-state index contributed by atoms with van der Waals surface area (Å²) in [6.45, 7) is 2.39. The van der Waals surface area contributed by atoms with Gasteiger partial charge in [-0.1, -0.05) is 11.6 Å². The Kier molecular flexibility index (Phi) is 7.70. The molecular formula is C22H27ClN4O4S2. The number of nitrogens with one attached hydrogen (secondary N) is 3. The van der Waals surface area contributed by atoms with Gasteiger partial charge in [-0.3, -0.25) is 9.59 Å². The van der Waals surface area contributed by atoms with Crippen molar-refractivity contribution in [3.63, 3.8) is 0 Å². The van der Waals surface area contributed by atoms with Crippen LogP contribution in [0, 0.1) is 0 Å². The van der Waals surface area contributed by atoms with Gasteiger partial charge in [0.2, 0.25) is 5.78 Å². The molecule has 0 aromatic carbocycles. The van der Waals surface area contributed by atoms with Crippen LogP contribution in [0.3, 0.4) is 0 Å². The molecule has 0 saturated carbocycles. The van der Waals surface area contributed by atoms with E-state index in [1.807, 2.05) is 6.07 Å². The number of likely N-dealkylation sites (N-methyl/N-ethyl adjacent to an activating group) is 1. The van der Waals surface area contributed by atoms with Gasteiger partial charge < -0.3 is 25.6 Å². The van der Waals surface area contributed by atoms with Crippen molar-refractivity contribution in [2.45, 2.75) is 37.5 Å². The molecule has 2 aliphatic heterocycles. The normalized spacial score (nSPS) is 21.7. The Balaban J connectivity index is 1.46. The predicted octanol–water partition coefficient (Wildman–Crippen LogP) is 2.56. The molecule has 1 fully saturated rings. The highest BCUT2D eigenvalue weighted by molar-refractivity contribution is 7.18. The van der Waals surface area contributed by atoms with E-state index in [9.17, 15) is 14.4 Å². The van der Waals surface area contributed by atoms with Gasteiger partial charge in [-0.15, -0.1) is 22.7 Å². The highest BCUT2D eigenvalue weighted by atomic mass is 35.5. The summed E-state index contributed by atoms with van der Waals surface area (Å²) >= 11 is 8.64. The molecule has 178 valence electrons. The second-order valence-electron chi connectivity index (χ2n) is 8.33. The summed E-state index contributed by atoms with van der Waals surface area (Å²) in [6, 6.07) is 4.73. The number of Topliss-reactive ketones (excluding diaryl/α,β-unsaturated/α-hetero) is 1. The lowest BCUT2D eigenvalue weighted by Crippen LogP contribution is -2.45. The number of ketones is 1. The molecule has 3 unspecified atom stereocenters. The number of hydrogen-bond acceptors (Lipinski definition) is 8. The minimum absolute atomic E-state index is 0.192. The van der Waals surface area contributed by atoms with Gasteiger partial charge in [0.15, 0.2) is 6.10 Å². The molecule has 8 nitrogen and oxygen atoms in total. The monoisotopic (exact) mass is 510 g/mol. The average molecular weight is 511 g/mol. The largest absolute Gasteiger partial charge is 0.436 e. The summed E-state index contributed by atoms with van der Waals surface area (Å²) in [4.78, 5) is 42.6. The Morgan fingerprint density at radius 1 is 1.21 bits per heavy atom. The van der Waals surface area contributed by atoms with E-state index in [4.69, 9.17) is 16.3 Å². The van der Waals surface area contributed by atoms with Crippen LogP contribution in [0.1, 0.15) is 36.2 Å². The number of fused-ring (bicyclic) bond motifs is 1.